The summed E-state index contributed by atoms with van der Waals surface area (Å²) in [6.07, 6.45) is 0. The van der Waals surface area contributed by atoms with E-state index in [0.717, 1.165) is 16.9 Å². The Morgan fingerprint density at radius 1 is 1.00 bits per heavy atom. The van der Waals surface area contributed by atoms with Crippen molar-refractivity contribution in [3.05, 3.63) is 94.8 Å². The molecular weight excluding hydrogens is 432 g/mol. The Morgan fingerprint density at radius 2 is 1.67 bits per heavy atom. The van der Waals surface area contributed by atoms with Crippen LogP contribution in [0, 0.1) is 0 Å². The van der Waals surface area contributed by atoms with Gasteiger partial charge in [-0.3, -0.25) is 14.2 Å². The van der Waals surface area contributed by atoms with Crippen molar-refractivity contribution in [1.29, 1.82) is 0 Å². The van der Waals surface area contributed by atoms with Crippen LogP contribution < -0.4 is 15.8 Å². The monoisotopic (exact) mass is 458 g/mol. The van der Waals surface area contributed by atoms with Gasteiger partial charge in [0.25, 0.3) is 5.56 Å². The third-order valence-corrected chi connectivity index (χ3v) is 6.40. The molecule has 0 spiro atoms. The molecule has 0 saturated carbocycles. The number of carbonyl (C=O) groups excluding carboxylic acids is 1. The molecule has 0 aliphatic rings. The number of aromatic nitrogens is 2. The number of anilines is 2. The number of nitrogens with zero attached hydrogens (tertiary/aromatic N) is 3. The van der Waals surface area contributed by atoms with E-state index in [2.05, 4.69) is 5.32 Å². The van der Waals surface area contributed by atoms with E-state index < -0.39 is 5.25 Å². The summed E-state index contributed by atoms with van der Waals surface area (Å²) >= 11 is 1.29. The van der Waals surface area contributed by atoms with Crippen molar-refractivity contribution < 1.29 is 4.79 Å². The van der Waals surface area contributed by atoms with Gasteiger partial charge in [-0.25, -0.2) is 4.98 Å². The first-order chi connectivity index (χ1) is 15.9. The van der Waals surface area contributed by atoms with Crippen molar-refractivity contribution in [2.45, 2.75) is 23.9 Å². The molecule has 33 heavy (non-hydrogen) atoms. The molecule has 0 saturated heterocycles. The number of para-hydroxylation sites is 1. The fourth-order valence-electron chi connectivity index (χ4n) is 3.44. The van der Waals surface area contributed by atoms with Gasteiger partial charge in [-0.2, -0.15) is 0 Å². The van der Waals surface area contributed by atoms with Crippen molar-refractivity contribution in [3.63, 3.8) is 0 Å². The first kappa shape index (κ1) is 22.6. The Bertz CT molecular complexity index is 1320. The number of rotatable bonds is 7. The lowest BCUT2D eigenvalue weighted by Crippen LogP contribution is -2.27. The summed E-state index contributed by atoms with van der Waals surface area (Å²) in [5, 5.41) is 3.59. The van der Waals surface area contributed by atoms with Gasteiger partial charge in [0.05, 0.1) is 22.7 Å². The minimum Gasteiger partial charge on any atom is -0.378 e. The van der Waals surface area contributed by atoms with E-state index >= 15 is 0 Å². The largest absolute Gasteiger partial charge is 0.378 e. The van der Waals surface area contributed by atoms with Gasteiger partial charge in [-0.05, 0) is 48.9 Å². The van der Waals surface area contributed by atoms with Gasteiger partial charge in [0.15, 0.2) is 5.16 Å². The number of nitrogens with one attached hydrogen (secondary N) is 1. The Kier molecular flexibility index (Phi) is 6.79. The van der Waals surface area contributed by atoms with Gasteiger partial charge < -0.3 is 10.2 Å². The van der Waals surface area contributed by atoms with E-state index in [0.29, 0.717) is 22.6 Å². The van der Waals surface area contributed by atoms with Crippen LogP contribution in [0.15, 0.2) is 88.8 Å². The minimum atomic E-state index is -0.450. The van der Waals surface area contributed by atoms with Gasteiger partial charge in [-0.1, -0.05) is 54.2 Å². The average molecular weight is 459 g/mol. The molecule has 1 N–H and O–H groups in total. The topological polar surface area (TPSA) is 67.2 Å². The maximum absolute atomic E-state index is 13.3. The molecule has 7 heteroatoms. The van der Waals surface area contributed by atoms with Crippen molar-refractivity contribution in [2.24, 2.45) is 0 Å². The van der Waals surface area contributed by atoms with E-state index in [9.17, 15) is 9.59 Å². The molecule has 1 aromatic heterocycles. The Hall–Kier alpha value is -3.58. The molecule has 0 bridgehead atoms. The van der Waals surface area contributed by atoms with Gasteiger partial charge in [-0.15, -0.1) is 0 Å². The number of fused-ring (bicyclic) bond motifs is 1. The van der Waals surface area contributed by atoms with E-state index in [-0.39, 0.29) is 11.5 Å². The summed E-state index contributed by atoms with van der Waals surface area (Å²) in [7, 11) is 3.94. The van der Waals surface area contributed by atoms with Crippen LogP contribution in [0.3, 0.4) is 0 Å². The van der Waals surface area contributed by atoms with Crippen LogP contribution in [0.1, 0.15) is 12.5 Å². The predicted molar refractivity (Wildman–Crippen MR) is 136 cm³/mol. The zero-order chi connectivity index (χ0) is 23.4. The molecule has 1 heterocycles. The summed E-state index contributed by atoms with van der Waals surface area (Å²) in [5.74, 6) is -0.147. The third-order valence-electron chi connectivity index (χ3n) is 5.31. The molecule has 0 aliphatic heterocycles. The van der Waals surface area contributed by atoms with Gasteiger partial charge >= 0.3 is 0 Å². The highest BCUT2D eigenvalue weighted by molar-refractivity contribution is 8.00. The van der Waals surface area contributed by atoms with Gasteiger partial charge in [0.1, 0.15) is 0 Å². The standard InChI is InChI=1S/C26H26N4O2S/c1-18(24(31)27-20-13-15-21(16-14-20)29(2)3)33-26-28-23-12-8-7-11-22(23)25(32)30(26)17-19-9-5-4-6-10-19/h4-16,18H,17H2,1-3H3,(H,27,31). The second-order valence-corrected chi connectivity index (χ2v) is 9.29. The SMILES string of the molecule is CC(Sc1nc2ccccc2c(=O)n1Cc1ccccc1)C(=O)Nc1ccc(N(C)C)cc1. The molecule has 1 amide bonds. The van der Waals surface area contributed by atoms with Crippen molar-refractivity contribution in [1.82, 2.24) is 9.55 Å². The molecule has 1 unspecified atom stereocenters. The Labute approximate surface area is 197 Å². The summed E-state index contributed by atoms with van der Waals surface area (Å²) in [6.45, 7) is 2.21. The van der Waals surface area contributed by atoms with E-state index in [4.69, 9.17) is 4.98 Å². The Balaban J connectivity index is 1.60. The molecule has 4 rings (SSSR count). The molecular formula is C26H26N4O2S. The number of benzene rings is 3. The van der Waals surface area contributed by atoms with Gasteiger partial charge in [0, 0.05) is 25.5 Å². The maximum atomic E-state index is 13.3. The predicted octanol–water partition coefficient (Wildman–Crippen LogP) is 4.63. The van der Waals surface area contributed by atoms with Crippen LogP contribution in [0.5, 0.6) is 0 Å². The number of amides is 1. The van der Waals surface area contributed by atoms with Crippen molar-refractivity contribution >= 4 is 39.9 Å². The third kappa shape index (κ3) is 5.26. The minimum absolute atomic E-state index is 0.112. The molecule has 6 nitrogen and oxygen atoms in total. The normalized spacial score (nSPS) is 11.8. The van der Waals surface area contributed by atoms with Crippen LogP contribution in [-0.4, -0.2) is 34.8 Å². The van der Waals surface area contributed by atoms with Crippen LogP contribution >= 0.6 is 11.8 Å². The molecule has 0 aliphatic carbocycles. The summed E-state index contributed by atoms with van der Waals surface area (Å²) in [4.78, 5) is 32.9. The molecule has 1 atom stereocenters. The molecule has 0 fully saturated rings. The number of carbonyl (C=O) groups is 1. The zero-order valence-corrected chi connectivity index (χ0v) is 19.7. The first-order valence-electron chi connectivity index (χ1n) is 10.7. The van der Waals surface area contributed by atoms with Crippen molar-refractivity contribution in [2.75, 3.05) is 24.3 Å². The highest BCUT2D eigenvalue weighted by atomic mass is 32.2. The van der Waals surface area contributed by atoms with E-state index in [1.807, 2.05) is 98.7 Å². The van der Waals surface area contributed by atoms with E-state index in [1.54, 1.807) is 10.6 Å². The Morgan fingerprint density at radius 3 is 2.36 bits per heavy atom. The number of hydrogen-bond acceptors (Lipinski definition) is 5. The second kappa shape index (κ2) is 9.92. The lowest BCUT2D eigenvalue weighted by atomic mass is 10.2. The molecule has 0 radical (unpaired) electrons. The summed E-state index contributed by atoms with van der Waals surface area (Å²) < 4.78 is 1.65. The molecule has 168 valence electrons. The molecule has 4 aromatic rings. The lowest BCUT2D eigenvalue weighted by molar-refractivity contribution is -0.115. The van der Waals surface area contributed by atoms with Crippen LogP contribution in [0.4, 0.5) is 11.4 Å². The maximum Gasteiger partial charge on any atom is 0.262 e. The quantitative estimate of drug-likeness (QED) is 0.323. The van der Waals surface area contributed by atoms with E-state index in [1.165, 1.54) is 11.8 Å². The first-order valence-corrected chi connectivity index (χ1v) is 11.6. The fraction of sp³-hybridized carbons (Fsp3) is 0.192. The van der Waals surface area contributed by atoms with Crippen LogP contribution in [0.25, 0.3) is 10.9 Å². The average Bonchev–Trinajstić information content (AvgIpc) is 2.82. The number of hydrogen-bond donors (Lipinski definition) is 1. The lowest BCUT2D eigenvalue weighted by Gasteiger charge is -2.17. The second-order valence-electron chi connectivity index (χ2n) is 7.98. The summed E-state index contributed by atoms with van der Waals surface area (Å²) in [6, 6.07) is 24.8. The molecule has 3 aromatic carbocycles. The summed E-state index contributed by atoms with van der Waals surface area (Å²) in [5.41, 5.74) is 3.29. The van der Waals surface area contributed by atoms with Crippen LogP contribution in [0.2, 0.25) is 0 Å². The zero-order valence-electron chi connectivity index (χ0n) is 18.9. The van der Waals surface area contributed by atoms with Gasteiger partial charge in [0.2, 0.25) is 5.91 Å². The van der Waals surface area contributed by atoms with Crippen molar-refractivity contribution in [3.8, 4) is 0 Å². The van der Waals surface area contributed by atoms with Crippen LogP contribution in [-0.2, 0) is 11.3 Å². The fourth-order valence-corrected chi connectivity index (χ4v) is 4.35. The highest BCUT2D eigenvalue weighted by Crippen LogP contribution is 2.25. The smallest absolute Gasteiger partial charge is 0.262 e. The number of thioether (sulfide) groups is 1. The highest BCUT2D eigenvalue weighted by Gasteiger charge is 2.20.